The fraction of sp³-hybridized carbons (Fsp3) is 0.259. The van der Waals surface area contributed by atoms with Crippen LogP contribution < -0.4 is 10.2 Å². The lowest BCUT2D eigenvalue weighted by Crippen LogP contribution is -2.34. The Bertz CT molecular complexity index is 1210. The molecule has 0 aliphatic carbocycles. The number of aryl methyl sites for hydroxylation is 1. The fourth-order valence-corrected chi connectivity index (χ4v) is 4.26. The van der Waals surface area contributed by atoms with Gasteiger partial charge in [0.25, 0.3) is 0 Å². The Morgan fingerprint density at radius 2 is 1.76 bits per heavy atom. The fourth-order valence-electron chi connectivity index (χ4n) is 4.26. The van der Waals surface area contributed by atoms with E-state index >= 15 is 0 Å². The molecule has 174 valence electrons. The molecule has 7 nitrogen and oxygen atoms in total. The number of nitrogens with zero attached hydrogens (tertiary/aromatic N) is 3. The molecule has 1 fully saturated rings. The van der Waals surface area contributed by atoms with Crippen LogP contribution in [0.15, 0.2) is 81.9 Å². The lowest BCUT2D eigenvalue weighted by molar-refractivity contribution is 0.201. The van der Waals surface area contributed by atoms with Gasteiger partial charge in [-0.2, -0.15) is 0 Å². The maximum Gasteiger partial charge on any atom is 0.322 e. The molecule has 0 spiro atoms. The normalized spacial score (nSPS) is 13.3. The first-order chi connectivity index (χ1) is 16.7. The summed E-state index contributed by atoms with van der Waals surface area (Å²) in [5, 5.41) is 7.46. The Balaban J connectivity index is 1.48. The van der Waals surface area contributed by atoms with Gasteiger partial charge in [-0.15, -0.1) is 0 Å². The number of furan rings is 1. The maximum atomic E-state index is 13.4. The molecular weight excluding hydrogens is 428 g/mol. The lowest BCUT2D eigenvalue weighted by atomic mass is 10.1. The molecule has 1 N–H and O–H groups in total. The van der Waals surface area contributed by atoms with Gasteiger partial charge in [-0.1, -0.05) is 53.2 Å². The second-order valence-corrected chi connectivity index (χ2v) is 8.61. The highest BCUT2D eigenvalue weighted by Crippen LogP contribution is 2.34. The molecule has 2 aromatic carbocycles. The van der Waals surface area contributed by atoms with Crippen LogP contribution >= 0.6 is 0 Å². The first kappa shape index (κ1) is 21.8. The van der Waals surface area contributed by atoms with Crippen molar-refractivity contribution in [2.45, 2.75) is 32.9 Å². The van der Waals surface area contributed by atoms with E-state index in [1.54, 1.807) is 11.2 Å². The van der Waals surface area contributed by atoms with E-state index in [2.05, 4.69) is 15.4 Å². The number of rotatable bonds is 7. The summed E-state index contributed by atoms with van der Waals surface area (Å²) < 4.78 is 11.4. The summed E-state index contributed by atoms with van der Waals surface area (Å²) in [5.41, 5.74) is 4.50. The summed E-state index contributed by atoms with van der Waals surface area (Å²) in [6.07, 6.45) is 3.85. The van der Waals surface area contributed by atoms with Gasteiger partial charge in [-0.3, -0.25) is 0 Å². The number of hydrogen-bond acceptors (Lipinski definition) is 5. The van der Waals surface area contributed by atoms with Gasteiger partial charge in [-0.05, 0) is 44.0 Å². The Labute approximate surface area is 199 Å². The molecule has 34 heavy (non-hydrogen) atoms. The van der Waals surface area contributed by atoms with Crippen molar-refractivity contribution < 1.29 is 13.7 Å². The van der Waals surface area contributed by atoms with Gasteiger partial charge in [0.2, 0.25) is 5.88 Å². The van der Waals surface area contributed by atoms with Crippen LogP contribution in [0.1, 0.15) is 29.7 Å². The van der Waals surface area contributed by atoms with Crippen LogP contribution in [0.2, 0.25) is 0 Å². The number of aromatic nitrogens is 1. The third kappa shape index (κ3) is 4.83. The molecule has 0 radical (unpaired) electrons. The highest BCUT2D eigenvalue weighted by Gasteiger charge is 2.28. The van der Waals surface area contributed by atoms with Crippen LogP contribution in [0.25, 0.3) is 11.3 Å². The average molecular weight is 457 g/mol. The smallest absolute Gasteiger partial charge is 0.322 e. The molecule has 3 heterocycles. The molecule has 1 aliphatic rings. The first-order valence-electron chi connectivity index (χ1n) is 11.6. The second-order valence-electron chi connectivity index (χ2n) is 8.61. The summed E-state index contributed by atoms with van der Waals surface area (Å²) in [7, 11) is 0. The number of carbonyl (C=O) groups is 1. The molecular formula is C27H28N4O3. The Kier molecular flexibility index (Phi) is 6.33. The number of amides is 2. The van der Waals surface area contributed by atoms with Crippen molar-refractivity contribution in [2.24, 2.45) is 0 Å². The van der Waals surface area contributed by atoms with Crippen molar-refractivity contribution in [3.8, 4) is 11.3 Å². The predicted molar refractivity (Wildman–Crippen MR) is 132 cm³/mol. The standard InChI is InChI=1S/C27H28N4O3/c1-20-11-13-22(14-12-20)28-27(32)31(18-23-10-7-17-33-23)19-24-25(21-8-3-2-4-9-21)29-34-26(24)30-15-5-6-16-30/h2-4,7-14,17H,5-6,15-16,18-19H2,1H3,(H,28,32). The minimum Gasteiger partial charge on any atom is -0.467 e. The van der Waals surface area contributed by atoms with Crippen LogP contribution in [0.3, 0.4) is 0 Å². The van der Waals surface area contributed by atoms with Crippen LogP contribution in [0, 0.1) is 6.92 Å². The van der Waals surface area contributed by atoms with Gasteiger partial charge in [0.05, 0.1) is 24.9 Å². The van der Waals surface area contributed by atoms with Gasteiger partial charge in [-0.25, -0.2) is 4.79 Å². The number of benzene rings is 2. The second kappa shape index (κ2) is 9.87. The number of urea groups is 1. The van der Waals surface area contributed by atoms with Crippen LogP contribution in [0.5, 0.6) is 0 Å². The van der Waals surface area contributed by atoms with E-state index in [1.807, 2.05) is 73.7 Å². The number of nitrogens with one attached hydrogen (secondary N) is 1. The van der Waals surface area contributed by atoms with Crippen molar-refractivity contribution in [1.82, 2.24) is 10.1 Å². The average Bonchev–Trinajstić information content (AvgIpc) is 3.63. The molecule has 0 bridgehead atoms. The molecule has 2 amide bonds. The number of hydrogen-bond donors (Lipinski definition) is 1. The van der Waals surface area contributed by atoms with Crippen LogP contribution in [-0.2, 0) is 13.1 Å². The molecule has 7 heteroatoms. The molecule has 2 aromatic heterocycles. The van der Waals surface area contributed by atoms with Crippen molar-refractivity contribution >= 4 is 17.6 Å². The van der Waals surface area contributed by atoms with Gasteiger partial charge in [0.15, 0.2) is 0 Å². The topological polar surface area (TPSA) is 74.8 Å². The molecule has 0 saturated carbocycles. The molecule has 0 unspecified atom stereocenters. The van der Waals surface area contributed by atoms with Crippen LogP contribution in [-0.4, -0.2) is 29.2 Å². The monoisotopic (exact) mass is 456 g/mol. The van der Waals surface area contributed by atoms with Gasteiger partial charge in [0.1, 0.15) is 11.5 Å². The SMILES string of the molecule is Cc1ccc(NC(=O)N(Cc2ccco2)Cc2c(-c3ccccc3)noc2N2CCCC2)cc1. The number of anilines is 2. The third-order valence-electron chi connectivity index (χ3n) is 6.07. The largest absolute Gasteiger partial charge is 0.467 e. The third-order valence-corrected chi connectivity index (χ3v) is 6.07. The Morgan fingerprint density at radius 1 is 1.00 bits per heavy atom. The predicted octanol–water partition coefficient (Wildman–Crippen LogP) is 6.08. The quantitative estimate of drug-likeness (QED) is 0.365. The van der Waals surface area contributed by atoms with E-state index in [0.29, 0.717) is 18.8 Å². The minimum absolute atomic E-state index is 0.215. The molecule has 1 aliphatic heterocycles. The van der Waals surface area contributed by atoms with Crippen molar-refractivity contribution in [2.75, 3.05) is 23.3 Å². The van der Waals surface area contributed by atoms with E-state index in [-0.39, 0.29) is 6.03 Å². The zero-order valence-corrected chi connectivity index (χ0v) is 19.2. The summed E-state index contributed by atoms with van der Waals surface area (Å²) in [5.74, 6) is 1.45. The lowest BCUT2D eigenvalue weighted by Gasteiger charge is -2.24. The molecule has 4 aromatic rings. The van der Waals surface area contributed by atoms with Crippen molar-refractivity contribution in [3.63, 3.8) is 0 Å². The molecule has 1 saturated heterocycles. The Morgan fingerprint density at radius 3 is 2.47 bits per heavy atom. The van der Waals surface area contributed by atoms with Gasteiger partial charge >= 0.3 is 6.03 Å². The molecule has 5 rings (SSSR count). The van der Waals surface area contributed by atoms with E-state index in [1.165, 1.54) is 0 Å². The van der Waals surface area contributed by atoms with Gasteiger partial charge < -0.3 is 24.1 Å². The zero-order valence-electron chi connectivity index (χ0n) is 19.2. The number of carbonyl (C=O) groups excluding carboxylic acids is 1. The maximum absolute atomic E-state index is 13.4. The van der Waals surface area contributed by atoms with E-state index < -0.39 is 0 Å². The summed E-state index contributed by atoms with van der Waals surface area (Å²) >= 11 is 0. The van der Waals surface area contributed by atoms with Crippen molar-refractivity contribution in [1.29, 1.82) is 0 Å². The Hall–Kier alpha value is -4.00. The summed E-state index contributed by atoms with van der Waals surface area (Å²) in [4.78, 5) is 17.4. The molecule has 0 atom stereocenters. The summed E-state index contributed by atoms with van der Waals surface area (Å²) in [6, 6.07) is 21.2. The van der Waals surface area contributed by atoms with Crippen molar-refractivity contribution in [3.05, 3.63) is 89.9 Å². The van der Waals surface area contributed by atoms with E-state index in [9.17, 15) is 4.79 Å². The highest BCUT2D eigenvalue weighted by molar-refractivity contribution is 5.89. The summed E-state index contributed by atoms with van der Waals surface area (Å²) in [6.45, 7) is 4.52. The minimum atomic E-state index is -0.215. The van der Waals surface area contributed by atoms with E-state index in [4.69, 9.17) is 8.94 Å². The van der Waals surface area contributed by atoms with Gasteiger partial charge in [0, 0.05) is 24.3 Å². The van der Waals surface area contributed by atoms with E-state index in [0.717, 1.165) is 59.9 Å². The zero-order chi connectivity index (χ0) is 23.3. The first-order valence-corrected chi connectivity index (χ1v) is 11.6. The highest BCUT2D eigenvalue weighted by atomic mass is 16.5. The van der Waals surface area contributed by atoms with Crippen LogP contribution in [0.4, 0.5) is 16.4 Å².